The molecule has 0 spiro atoms. The summed E-state index contributed by atoms with van der Waals surface area (Å²) in [7, 11) is 2.05. The Morgan fingerprint density at radius 3 is 3.00 bits per heavy atom. The monoisotopic (exact) mass is 208 g/mol. The first-order valence-corrected chi connectivity index (χ1v) is 5.58. The average Bonchev–Trinajstić information content (AvgIpc) is 2.73. The van der Waals surface area contributed by atoms with Crippen molar-refractivity contribution >= 4 is 0 Å². The smallest absolute Gasteiger partial charge is 0.0726 e. The van der Waals surface area contributed by atoms with Gasteiger partial charge in [-0.3, -0.25) is 0 Å². The maximum Gasteiger partial charge on any atom is 0.0726 e. The van der Waals surface area contributed by atoms with Gasteiger partial charge in [0.15, 0.2) is 0 Å². The number of nitrogens with one attached hydrogen (secondary N) is 1. The second-order valence-electron chi connectivity index (χ2n) is 4.72. The molecule has 3 nitrogen and oxygen atoms in total. The van der Waals surface area contributed by atoms with Gasteiger partial charge < -0.3 is 14.6 Å². The Morgan fingerprint density at radius 1 is 1.67 bits per heavy atom. The van der Waals surface area contributed by atoms with Crippen LogP contribution in [-0.4, -0.2) is 22.8 Å². The molecule has 1 N–H and O–H groups in total. The van der Waals surface area contributed by atoms with Crippen LogP contribution in [0, 0.1) is 0 Å². The molecule has 0 amide bonds. The zero-order valence-corrected chi connectivity index (χ0v) is 9.79. The van der Waals surface area contributed by atoms with Crippen LogP contribution in [0.4, 0.5) is 0 Å². The zero-order valence-electron chi connectivity index (χ0n) is 9.79. The van der Waals surface area contributed by atoms with Gasteiger partial charge in [-0.2, -0.15) is 0 Å². The first-order valence-electron chi connectivity index (χ1n) is 5.58. The van der Waals surface area contributed by atoms with Crippen LogP contribution in [0.5, 0.6) is 0 Å². The number of hydrogen-bond donors (Lipinski definition) is 1. The van der Waals surface area contributed by atoms with Crippen LogP contribution in [0.1, 0.15) is 25.8 Å². The van der Waals surface area contributed by atoms with Crippen molar-refractivity contribution in [2.75, 3.05) is 6.61 Å². The summed E-state index contributed by atoms with van der Waals surface area (Å²) in [5.41, 5.74) is 1.47. The van der Waals surface area contributed by atoms with E-state index in [4.69, 9.17) is 4.74 Å². The van der Waals surface area contributed by atoms with E-state index in [2.05, 4.69) is 42.2 Å². The van der Waals surface area contributed by atoms with E-state index in [1.807, 2.05) is 7.05 Å². The summed E-state index contributed by atoms with van der Waals surface area (Å²) in [5.74, 6) is 0. The van der Waals surface area contributed by atoms with Crippen molar-refractivity contribution in [1.29, 1.82) is 0 Å². The molecule has 1 fully saturated rings. The highest BCUT2D eigenvalue weighted by molar-refractivity contribution is 5.10. The molecule has 3 heteroatoms. The molecule has 0 aliphatic carbocycles. The van der Waals surface area contributed by atoms with E-state index >= 15 is 0 Å². The fourth-order valence-electron chi connectivity index (χ4n) is 2.04. The number of nitrogens with zero attached hydrogens (tertiary/aromatic N) is 1. The molecule has 0 radical (unpaired) electrons. The Hall–Kier alpha value is -0.800. The van der Waals surface area contributed by atoms with Crippen molar-refractivity contribution in [3.8, 4) is 0 Å². The fraction of sp³-hybridized carbons (Fsp3) is 0.667. The maximum atomic E-state index is 5.59. The molecule has 1 saturated heterocycles. The molecule has 0 bridgehead atoms. The maximum absolute atomic E-state index is 5.59. The van der Waals surface area contributed by atoms with E-state index in [-0.39, 0.29) is 5.54 Å². The predicted octanol–water partition coefficient (Wildman–Crippen LogP) is 1.68. The quantitative estimate of drug-likeness (QED) is 0.818. The standard InChI is InChI=1S/C12H20N2O/c1-10-12(2,5-7-15-10)13-8-11-4-6-14(3)9-11/h4,6,9-10,13H,5,7-8H2,1-3H3. The minimum atomic E-state index is 0.135. The SMILES string of the molecule is CC1OCCC1(C)NCc1ccn(C)c1. The summed E-state index contributed by atoms with van der Waals surface area (Å²) in [6, 6.07) is 2.15. The summed E-state index contributed by atoms with van der Waals surface area (Å²) in [5, 5.41) is 3.60. The summed E-state index contributed by atoms with van der Waals surface area (Å²) in [6.45, 7) is 6.18. The van der Waals surface area contributed by atoms with Crippen LogP contribution in [0.2, 0.25) is 0 Å². The zero-order chi connectivity index (χ0) is 10.9. The molecule has 0 saturated carbocycles. The van der Waals surface area contributed by atoms with Crippen LogP contribution in [0.3, 0.4) is 0 Å². The van der Waals surface area contributed by atoms with Gasteiger partial charge in [-0.25, -0.2) is 0 Å². The third-order valence-corrected chi connectivity index (χ3v) is 3.48. The van der Waals surface area contributed by atoms with Crippen LogP contribution >= 0.6 is 0 Å². The molecule has 1 aliphatic heterocycles. The topological polar surface area (TPSA) is 26.2 Å². The molecule has 84 valence electrons. The van der Waals surface area contributed by atoms with E-state index in [9.17, 15) is 0 Å². The van der Waals surface area contributed by atoms with Gasteiger partial charge in [0.2, 0.25) is 0 Å². The van der Waals surface area contributed by atoms with E-state index < -0.39 is 0 Å². The number of aryl methyl sites for hydroxylation is 1. The molecule has 1 aliphatic rings. The predicted molar refractivity (Wildman–Crippen MR) is 60.7 cm³/mol. The van der Waals surface area contributed by atoms with Crippen molar-refractivity contribution < 1.29 is 4.74 Å². The van der Waals surface area contributed by atoms with E-state index in [1.54, 1.807) is 0 Å². The first-order chi connectivity index (χ1) is 7.10. The third kappa shape index (κ3) is 2.24. The Bertz CT molecular complexity index is 334. The molecule has 2 rings (SSSR count). The number of aromatic nitrogens is 1. The average molecular weight is 208 g/mol. The lowest BCUT2D eigenvalue weighted by atomic mass is 9.94. The van der Waals surface area contributed by atoms with Crippen molar-refractivity contribution in [1.82, 2.24) is 9.88 Å². The molecular weight excluding hydrogens is 188 g/mol. The summed E-state index contributed by atoms with van der Waals surface area (Å²) in [6.07, 6.45) is 5.63. The summed E-state index contributed by atoms with van der Waals surface area (Å²) in [4.78, 5) is 0. The molecule has 15 heavy (non-hydrogen) atoms. The summed E-state index contributed by atoms with van der Waals surface area (Å²) >= 11 is 0. The van der Waals surface area contributed by atoms with E-state index in [1.165, 1.54) is 5.56 Å². The first kappa shape index (κ1) is 10.7. The largest absolute Gasteiger partial charge is 0.377 e. The van der Waals surface area contributed by atoms with Gasteiger partial charge in [0.1, 0.15) is 0 Å². The van der Waals surface area contributed by atoms with Crippen molar-refractivity contribution in [3.05, 3.63) is 24.0 Å². The van der Waals surface area contributed by atoms with Crippen LogP contribution in [0.25, 0.3) is 0 Å². The number of rotatable bonds is 3. The van der Waals surface area contributed by atoms with E-state index in [0.717, 1.165) is 19.6 Å². The van der Waals surface area contributed by atoms with Gasteiger partial charge in [0.25, 0.3) is 0 Å². The Labute approximate surface area is 91.4 Å². The molecule has 2 unspecified atom stereocenters. The second-order valence-corrected chi connectivity index (χ2v) is 4.72. The van der Waals surface area contributed by atoms with Crippen molar-refractivity contribution in [3.63, 3.8) is 0 Å². The van der Waals surface area contributed by atoms with Crippen LogP contribution in [0.15, 0.2) is 18.5 Å². The van der Waals surface area contributed by atoms with Gasteiger partial charge in [0.05, 0.1) is 6.10 Å². The van der Waals surface area contributed by atoms with E-state index in [0.29, 0.717) is 6.10 Å². The van der Waals surface area contributed by atoms with Crippen LogP contribution < -0.4 is 5.32 Å². The minimum absolute atomic E-state index is 0.135. The van der Waals surface area contributed by atoms with Gasteiger partial charge in [0, 0.05) is 38.1 Å². The lowest BCUT2D eigenvalue weighted by Gasteiger charge is -2.28. The molecule has 2 atom stereocenters. The molecule has 1 aromatic heterocycles. The number of ether oxygens (including phenoxy) is 1. The summed E-state index contributed by atoms with van der Waals surface area (Å²) < 4.78 is 7.67. The molecular formula is C12H20N2O. The second kappa shape index (κ2) is 3.99. The van der Waals surface area contributed by atoms with Crippen LogP contribution in [-0.2, 0) is 18.3 Å². The van der Waals surface area contributed by atoms with Gasteiger partial charge >= 0.3 is 0 Å². The highest BCUT2D eigenvalue weighted by Crippen LogP contribution is 2.25. The lowest BCUT2D eigenvalue weighted by Crippen LogP contribution is -2.47. The Balaban J connectivity index is 1.92. The number of hydrogen-bond acceptors (Lipinski definition) is 2. The minimum Gasteiger partial charge on any atom is -0.377 e. The Morgan fingerprint density at radius 2 is 2.47 bits per heavy atom. The molecule has 1 aromatic rings. The Kier molecular flexibility index (Phi) is 2.85. The van der Waals surface area contributed by atoms with Gasteiger partial charge in [-0.05, 0) is 31.9 Å². The fourth-order valence-corrected chi connectivity index (χ4v) is 2.04. The normalized spacial score (nSPS) is 31.0. The third-order valence-electron chi connectivity index (χ3n) is 3.48. The highest BCUT2D eigenvalue weighted by atomic mass is 16.5. The molecule has 0 aromatic carbocycles. The van der Waals surface area contributed by atoms with Gasteiger partial charge in [-0.1, -0.05) is 0 Å². The van der Waals surface area contributed by atoms with Gasteiger partial charge in [-0.15, -0.1) is 0 Å². The lowest BCUT2D eigenvalue weighted by molar-refractivity contribution is 0.0881. The van der Waals surface area contributed by atoms with Crippen molar-refractivity contribution in [2.45, 2.75) is 38.5 Å². The van der Waals surface area contributed by atoms with Crippen molar-refractivity contribution in [2.24, 2.45) is 7.05 Å². The molecule has 2 heterocycles. The highest BCUT2D eigenvalue weighted by Gasteiger charge is 2.36.